The van der Waals surface area contributed by atoms with E-state index in [-0.39, 0.29) is 0 Å². The van der Waals surface area contributed by atoms with Crippen molar-refractivity contribution in [3.63, 3.8) is 0 Å². The Labute approximate surface area is 152 Å². The van der Waals surface area contributed by atoms with Gasteiger partial charge in [-0.3, -0.25) is 4.90 Å². The van der Waals surface area contributed by atoms with Crippen LogP contribution in [0.5, 0.6) is 0 Å². The molecule has 0 spiro atoms. The van der Waals surface area contributed by atoms with Crippen molar-refractivity contribution >= 4 is 0 Å². The van der Waals surface area contributed by atoms with Gasteiger partial charge in [-0.05, 0) is 41.5 Å². The van der Waals surface area contributed by atoms with Gasteiger partial charge in [0.15, 0.2) is 0 Å². The Bertz CT molecular complexity index is 637. The number of hydrogen-bond acceptors (Lipinski definition) is 2. The molecule has 1 aliphatic carbocycles. The third kappa shape index (κ3) is 3.96. The molecule has 1 saturated heterocycles. The van der Waals surface area contributed by atoms with Crippen molar-refractivity contribution in [2.45, 2.75) is 38.1 Å². The van der Waals surface area contributed by atoms with Crippen LogP contribution in [0.4, 0.5) is 0 Å². The maximum atomic E-state index is 3.52. The van der Waals surface area contributed by atoms with Gasteiger partial charge in [0.1, 0.15) is 0 Å². The van der Waals surface area contributed by atoms with Gasteiger partial charge in [0.25, 0.3) is 0 Å². The van der Waals surface area contributed by atoms with Crippen LogP contribution in [0.3, 0.4) is 0 Å². The summed E-state index contributed by atoms with van der Waals surface area (Å²) in [6.07, 6.45) is 7.03. The SMILES string of the molecule is c1ccc(-c2cccc([C@H](C3CCCCC3)N3CCNCC3)c2)cc1. The number of hydrogen-bond donors (Lipinski definition) is 1. The molecular formula is C23H30N2. The summed E-state index contributed by atoms with van der Waals surface area (Å²) in [6.45, 7) is 4.61. The zero-order valence-corrected chi connectivity index (χ0v) is 15.2. The second-order valence-corrected chi connectivity index (χ2v) is 7.62. The highest BCUT2D eigenvalue weighted by Crippen LogP contribution is 2.39. The van der Waals surface area contributed by atoms with Crippen LogP contribution in [-0.4, -0.2) is 31.1 Å². The molecular weight excluding hydrogens is 304 g/mol. The van der Waals surface area contributed by atoms with E-state index in [4.69, 9.17) is 0 Å². The monoisotopic (exact) mass is 334 g/mol. The maximum absolute atomic E-state index is 3.52. The smallest absolute Gasteiger partial charge is 0.0377 e. The molecule has 2 aliphatic rings. The molecule has 2 heteroatoms. The normalized spacial score (nSPS) is 21.1. The van der Waals surface area contributed by atoms with E-state index < -0.39 is 0 Å². The molecule has 2 aromatic carbocycles. The van der Waals surface area contributed by atoms with Crippen LogP contribution in [0.25, 0.3) is 11.1 Å². The van der Waals surface area contributed by atoms with E-state index in [1.165, 1.54) is 61.9 Å². The summed E-state index contributed by atoms with van der Waals surface area (Å²) in [5.74, 6) is 0.817. The maximum Gasteiger partial charge on any atom is 0.0377 e. The summed E-state index contributed by atoms with van der Waals surface area (Å²) >= 11 is 0. The summed E-state index contributed by atoms with van der Waals surface area (Å²) < 4.78 is 0. The molecule has 0 aromatic heterocycles. The van der Waals surface area contributed by atoms with Crippen molar-refractivity contribution in [2.75, 3.05) is 26.2 Å². The van der Waals surface area contributed by atoms with Crippen molar-refractivity contribution in [2.24, 2.45) is 5.92 Å². The first-order valence-corrected chi connectivity index (χ1v) is 10.0. The van der Waals surface area contributed by atoms with Crippen molar-refractivity contribution in [3.8, 4) is 11.1 Å². The van der Waals surface area contributed by atoms with Gasteiger partial charge < -0.3 is 5.32 Å². The zero-order valence-electron chi connectivity index (χ0n) is 15.2. The lowest BCUT2D eigenvalue weighted by Gasteiger charge is -2.41. The van der Waals surface area contributed by atoms with Gasteiger partial charge in [0.2, 0.25) is 0 Å². The van der Waals surface area contributed by atoms with Crippen LogP contribution in [-0.2, 0) is 0 Å². The fraction of sp³-hybridized carbons (Fsp3) is 0.478. The quantitative estimate of drug-likeness (QED) is 0.857. The molecule has 0 bridgehead atoms. The minimum atomic E-state index is 0.589. The van der Waals surface area contributed by atoms with Crippen LogP contribution in [0.1, 0.15) is 43.7 Å². The highest BCUT2D eigenvalue weighted by atomic mass is 15.2. The largest absolute Gasteiger partial charge is 0.314 e. The topological polar surface area (TPSA) is 15.3 Å². The lowest BCUT2D eigenvalue weighted by atomic mass is 9.79. The molecule has 4 rings (SSSR count). The summed E-state index contributed by atoms with van der Waals surface area (Å²) in [6, 6.07) is 20.7. The average molecular weight is 335 g/mol. The fourth-order valence-corrected chi connectivity index (χ4v) is 4.72. The molecule has 2 nitrogen and oxygen atoms in total. The van der Waals surface area contributed by atoms with Gasteiger partial charge in [0.05, 0.1) is 0 Å². The summed E-state index contributed by atoms with van der Waals surface area (Å²) in [4.78, 5) is 2.75. The molecule has 0 amide bonds. The molecule has 0 unspecified atom stereocenters. The Balaban J connectivity index is 1.66. The lowest BCUT2D eigenvalue weighted by Crippen LogP contribution is -2.47. The van der Waals surface area contributed by atoms with Gasteiger partial charge in [-0.1, -0.05) is 67.8 Å². The molecule has 25 heavy (non-hydrogen) atoms. The van der Waals surface area contributed by atoms with Crippen LogP contribution >= 0.6 is 0 Å². The Morgan fingerprint density at radius 3 is 2.28 bits per heavy atom. The van der Waals surface area contributed by atoms with E-state index in [9.17, 15) is 0 Å². The molecule has 1 atom stereocenters. The van der Waals surface area contributed by atoms with E-state index in [1.54, 1.807) is 0 Å². The second-order valence-electron chi connectivity index (χ2n) is 7.62. The summed E-state index contributed by atoms with van der Waals surface area (Å²) in [5, 5.41) is 3.52. The first-order chi connectivity index (χ1) is 12.4. The molecule has 1 saturated carbocycles. The van der Waals surface area contributed by atoms with E-state index in [2.05, 4.69) is 64.8 Å². The fourth-order valence-electron chi connectivity index (χ4n) is 4.72. The lowest BCUT2D eigenvalue weighted by molar-refractivity contribution is 0.103. The number of rotatable bonds is 4. The summed E-state index contributed by atoms with van der Waals surface area (Å²) in [5.41, 5.74) is 4.20. The predicted octanol–water partition coefficient (Wildman–Crippen LogP) is 4.88. The molecule has 1 aliphatic heterocycles. The van der Waals surface area contributed by atoms with Crippen LogP contribution in [0, 0.1) is 5.92 Å². The van der Waals surface area contributed by atoms with Crippen molar-refractivity contribution in [1.29, 1.82) is 0 Å². The Morgan fingerprint density at radius 1 is 0.800 bits per heavy atom. The number of piperazine rings is 1. The summed E-state index contributed by atoms with van der Waals surface area (Å²) in [7, 11) is 0. The molecule has 2 aromatic rings. The van der Waals surface area contributed by atoms with Gasteiger partial charge in [-0.2, -0.15) is 0 Å². The third-order valence-electron chi connectivity index (χ3n) is 5.98. The molecule has 132 valence electrons. The average Bonchev–Trinajstić information content (AvgIpc) is 2.71. The van der Waals surface area contributed by atoms with E-state index in [1.807, 2.05) is 0 Å². The van der Waals surface area contributed by atoms with Crippen molar-refractivity contribution < 1.29 is 0 Å². The number of nitrogens with one attached hydrogen (secondary N) is 1. The molecule has 0 radical (unpaired) electrons. The van der Waals surface area contributed by atoms with Gasteiger partial charge in [-0.25, -0.2) is 0 Å². The van der Waals surface area contributed by atoms with E-state index in [0.717, 1.165) is 19.0 Å². The zero-order chi connectivity index (χ0) is 16.9. The Kier molecular flexibility index (Phi) is 5.49. The number of benzene rings is 2. The highest BCUT2D eigenvalue weighted by molar-refractivity contribution is 5.64. The van der Waals surface area contributed by atoms with E-state index >= 15 is 0 Å². The Morgan fingerprint density at radius 2 is 1.52 bits per heavy atom. The Hall–Kier alpha value is -1.64. The van der Waals surface area contributed by atoms with Crippen LogP contribution in [0.2, 0.25) is 0 Å². The van der Waals surface area contributed by atoms with E-state index in [0.29, 0.717) is 6.04 Å². The minimum absolute atomic E-state index is 0.589. The van der Waals surface area contributed by atoms with Crippen molar-refractivity contribution in [3.05, 3.63) is 60.2 Å². The van der Waals surface area contributed by atoms with Gasteiger partial charge in [-0.15, -0.1) is 0 Å². The second kappa shape index (κ2) is 8.16. The first kappa shape index (κ1) is 16.8. The highest BCUT2D eigenvalue weighted by Gasteiger charge is 2.30. The predicted molar refractivity (Wildman–Crippen MR) is 106 cm³/mol. The first-order valence-electron chi connectivity index (χ1n) is 10.0. The third-order valence-corrected chi connectivity index (χ3v) is 5.98. The molecule has 1 heterocycles. The molecule has 2 fully saturated rings. The van der Waals surface area contributed by atoms with Crippen LogP contribution < -0.4 is 5.32 Å². The van der Waals surface area contributed by atoms with Gasteiger partial charge >= 0.3 is 0 Å². The van der Waals surface area contributed by atoms with Crippen molar-refractivity contribution in [1.82, 2.24) is 10.2 Å². The number of nitrogens with zero attached hydrogens (tertiary/aromatic N) is 1. The van der Waals surface area contributed by atoms with Crippen LogP contribution in [0.15, 0.2) is 54.6 Å². The minimum Gasteiger partial charge on any atom is -0.314 e. The standard InChI is InChI=1S/C23H30N2/c1-3-8-19(9-4-1)21-12-7-13-22(18-21)23(20-10-5-2-6-11-20)25-16-14-24-15-17-25/h1,3-4,7-9,12-13,18,20,23-24H,2,5-6,10-11,14-17H2/t23-/m0/s1. The molecule has 1 N–H and O–H groups in total. The van der Waals surface area contributed by atoms with Gasteiger partial charge in [0, 0.05) is 32.2 Å².